The minimum absolute atomic E-state index is 0.538. The van der Waals surface area contributed by atoms with Gasteiger partial charge in [0.2, 0.25) is 0 Å². The van der Waals surface area contributed by atoms with Crippen molar-refractivity contribution >= 4 is 28.2 Å². The first-order valence-electron chi connectivity index (χ1n) is 9.02. The molecule has 0 saturated carbocycles. The molecule has 2 N–H and O–H groups in total. The van der Waals surface area contributed by atoms with Crippen LogP contribution in [-0.4, -0.2) is 37.7 Å². The Morgan fingerprint density at radius 3 is 2.71 bits per heavy atom. The van der Waals surface area contributed by atoms with Gasteiger partial charge < -0.3 is 10.6 Å². The summed E-state index contributed by atoms with van der Waals surface area (Å²) in [6, 6.07) is 8.33. The number of aryl methyl sites for hydroxylation is 3. The molecule has 28 heavy (non-hydrogen) atoms. The summed E-state index contributed by atoms with van der Waals surface area (Å²) in [5, 5.41) is 21.4. The van der Waals surface area contributed by atoms with Gasteiger partial charge in [-0.2, -0.15) is 19.9 Å². The minimum Gasteiger partial charge on any atom is -0.382 e. The van der Waals surface area contributed by atoms with Crippen LogP contribution in [-0.2, 0) is 0 Å². The Kier molecular flexibility index (Phi) is 4.49. The summed E-state index contributed by atoms with van der Waals surface area (Å²) in [6.07, 6.45) is 3.11. The number of hydrogen-bond donors (Lipinski definition) is 2. The first-order chi connectivity index (χ1) is 13.6. The van der Waals surface area contributed by atoms with Crippen molar-refractivity contribution in [3.8, 4) is 6.07 Å². The van der Waals surface area contributed by atoms with Crippen LogP contribution in [0.25, 0.3) is 16.7 Å². The third kappa shape index (κ3) is 3.18. The molecule has 0 spiro atoms. The summed E-state index contributed by atoms with van der Waals surface area (Å²) in [6.45, 7) is 7.27. The number of pyridine rings is 1. The monoisotopic (exact) mass is 372 g/mol. The van der Waals surface area contributed by atoms with Crippen molar-refractivity contribution in [1.29, 1.82) is 5.26 Å². The molecule has 3 aromatic heterocycles. The number of hydrogen-bond acceptors (Lipinski definition) is 7. The highest BCUT2D eigenvalue weighted by Gasteiger charge is 2.11. The first-order valence-corrected chi connectivity index (χ1v) is 9.02. The second-order valence-electron chi connectivity index (χ2n) is 6.74. The Morgan fingerprint density at radius 1 is 1.07 bits per heavy atom. The lowest BCUT2D eigenvalue weighted by atomic mass is 10.0. The lowest BCUT2D eigenvalue weighted by molar-refractivity contribution is 0.915. The van der Waals surface area contributed by atoms with Crippen LogP contribution in [0.4, 0.5) is 11.5 Å². The second-order valence-corrected chi connectivity index (χ2v) is 6.74. The summed E-state index contributed by atoms with van der Waals surface area (Å²) in [7, 11) is 0. The zero-order valence-corrected chi connectivity index (χ0v) is 16.0. The van der Waals surface area contributed by atoms with Crippen LogP contribution in [0.2, 0.25) is 0 Å². The highest BCUT2D eigenvalue weighted by atomic mass is 15.3. The normalized spacial score (nSPS) is 10.9. The van der Waals surface area contributed by atoms with Crippen molar-refractivity contribution in [3.63, 3.8) is 0 Å². The topological polar surface area (TPSA) is 104 Å². The summed E-state index contributed by atoms with van der Waals surface area (Å²) < 4.78 is 1.67. The third-order valence-electron chi connectivity index (χ3n) is 4.54. The third-order valence-corrected chi connectivity index (χ3v) is 4.54. The molecule has 0 unspecified atom stereocenters. The smallest absolute Gasteiger partial charge is 0.254 e. The SMILES string of the molecule is Cc1cc(C)c2ncc(C#N)c(NCCNc3cc(C)nc4ncnn34)c2c1. The Hall–Kier alpha value is -3.73. The molecule has 0 aliphatic rings. The van der Waals surface area contributed by atoms with Gasteiger partial charge in [-0.15, -0.1) is 0 Å². The number of nitrogens with zero attached hydrogens (tertiary/aromatic N) is 6. The van der Waals surface area contributed by atoms with E-state index in [0.717, 1.165) is 39.2 Å². The van der Waals surface area contributed by atoms with E-state index in [1.165, 1.54) is 6.33 Å². The molecule has 140 valence electrons. The molecule has 8 heteroatoms. The molecule has 1 aromatic carbocycles. The maximum absolute atomic E-state index is 9.51. The van der Waals surface area contributed by atoms with Crippen molar-refractivity contribution in [2.75, 3.05) is 23.7 Å². The van der Waals surface area contributed by atoms with Gasteiger partial charge in [0, 0.05) is 36.4 Å². The predicted octanol–water partition coefficient (Wildman–Crippen LogP) is 2.99. The molecule has 0 amide bonds. The van der Waals surface area contributed by atoms with Gasteiger partial charge in [-0.3, -0.25) is 4.98 Å². The van der Waals surface area contributed by atoms with Gasteiger partial charge in [-0.1, -0.05) is 11.6 Å². The van der Waals surface area contributed by atoms with Crippen LogP contribution < -0.4 is 10.6 Å². The van der Waals surface area contributed by atoms with Gasteiger partial charge in [0.05, 0.1) is 16.8 Å². The van der Waals surface area contributed by atoms with E-state index in [1.54, 1.807) is 10.7 Å². The molecular weight excluding hydrogens is 352 g/mol. The Bertz CT molecular complexity index is 1220. The molecule has 0 saturated heterocycles. The Morgan fingerprint density at radius 2 is 1.89 bits per heavy atom. The van der Waals surface area contributed by atoms with E-state index in [-0.39, 0.29) is 0 Å². The number of anilines is 2. The second kappa shape index (κ2) is 7.12. The number of nitrogens with one attached hydrogen (secondary N) is 2. The van der Waals surface area contributed by atoms with Gasteiger partial charge in [-0.05, 0) is 32.4 Å². The molecular formula is C20H20N8. The van der Waals surface area contributed by atoms with Gasteiger partial charge >= 0.3 is 0 Å². The van der Waals surface area contributed by atoms with Crippen LogP contribution >= 0.6 is 0 Å². The Balaban J connectivity index is 1.56. The largest absolute Gasteiger partial charge is 0.382 e. The van der Waals surface area contributed by atoms with Gasteiger partial charge in [0.15, 0.2) is 0 Å². The summed E-state index contributed by atoms with van der Waals surface area (Å²) in [4.78, 5) is 12.9. The fourth-order valence-electron chi connectivity index (χ4n) is 3.37. The van der Waals surface area contributed by atoms with Crippen LogP contribution in [0.3, 0.4) is 0 Å². The average Bonchev–Trinajstić information content (AvgIpc) is 3.13. The van der Waals surface area contributed by atoms with E-state index < -0.39 is 0 Å². The van der Waals surface area contributed by atoms with E-state index in [9.17, 15) is 5.26 Å². The number of rotatable bonds is 5. The van der Waals surface area contributed by atoms with E-state index in [2.05, 4.69) is 48.9 Å². The van der Waals surface area contributed by atoms with Crippen molar-refractivity contribution < 1.29 is 0 Å². The molecule has 8 nitrogen and oxygen atoms in total. The lowest BCUT2D eigenvalue weighted by Gasteiger charge is -2.14. The average molecular weight is 372 g/mol. The standard InChI is InChI=1S/C20H20N8/c1-12-6-13(2)18-16(7-12)19(15(9-21)10-24-18)23-5-4-22-17-8-14(3)27-20-25-11-26-28(17)20/h6-8,10-11,22H,4-5H2,1-3H3,(H,23,24). The van der Waals surface area contributed by atoms with Crippen molar-refractivity contribution in [1.82, 2.24) is 24.6 Å². The van der Waals surface area contributed by atoms with E-state index in [0.29, 0.717) is 24.4 Å². The van der Waals surface area contributed by atoms with Crippen molar-refractivity contribution in [3.05, 3.63) is 53.1 Å². The van der Waals surface area contributed by atoms with Crippen LogP contribution in [0, 0.1) is 32.1 Å². The molecule has 0 aliphatic heterocycles. The molecule has 0 aliphatic carbocycles. The van der Waals surface area contributed by atoms with Crippen LogP contribution in [0.1, 0.15) is 22.4 Å². The maximum Gasteiger partial charge on any atom is 0.254 e. The molecule has 0 bridgehead atoms. The van der Waals surface area contributed by atoms with E-state index in [1.807, 2.05) is 26.8 Å². The van der Waals surface area contributed by atoms with Gasteiger partial charge in [0.25, 0.3) is 5.78 Å². The summed E-state index contributed by atoms with van der Waals surface area (Å²) >= 11 is 0. The molecule has 0 fully saturated rings. The maximum atomic E-state index is 9.51. The van der Waals surface area contributed by atoms with Gasteiger partial charge in [0.1, 0.15) is 18.2 Å². The van der Waals surface area contributed by atoms with Crippen molar-refractivity contribution in [2.45, 2.75) is 20.8 Å². The summed E-state index contributed by atoms with van der Waals surface area (Å²) in [5.41, 5.74) is 5.38. The Labute approximate surface area is 162 Å². The number of benzene rings is 1. The predicted molar refractivity (Wildman–Crippen MR) is 108 cm³/mol. The fourth-order valence-corrected chi connectivity index (χ4v) is 3.37. The van der Waals surface area contributed by atoms with Crippen LogP contribution in [0.5, 0.6) is 0 Å². The van der Waals surface area contributed by atoms with Crippen molar-refractivity contribution in [2.24, 2.45) is 0 Å². The van der Waals surface area contributed by atoms with Gasteiger partial charge in [-0.25, -0.2) is 4.98 Å². The zero-order valence-electron chi connectivity index (χ0n) is 16.0. The molecule has 0 atom stereocenters. The highest BCUT2D eigenvalue weighted by Crippen LogP contribution is 2.28. The van der Waals surface area contributed by atoms with E-state index in [4.69, 9.17) is 0 Å². The van der Waals surface area contributed by atoms with E-state index >= 15 is 0 Å². The number of nitriles is 1. The first kappa shape index (κ1) is 17.7. The quantitative estimate of drug-likeness (QED) is 0.519. The number of aromatic nitrogens is 5. The molecule has 4 rings (SSSR count). The summed E-state index contributed by atoms with van der Waals surface area (Å²) in [5.74, 6) is 1.39. The zero-order chi connectivity index (χ0) is 19.7. The molecule has 3 heterocycles. The fraction of sp³-hybridized carbons (Fsp3) is 0.250. The molecule has 0 radical (unpaired) electrons. The minimum atomic E-state index is 0.538. The molecule has 4 aromatic rings. The lowest BCUT2D eigenvalue weighted by Crippen LogP contribution is -2.17. The highest BCUT2D eigenvalue weighted by molar-refractivity contribution is 5.96. The number of fused-ring (bicyclic) bond motifs is 2. The van der Waals surface area contributed by atoms with Crippen LogP contribution in [0.15, 0.2) is 30.7 Å².